The highest BCUT2D eigenvalue weighted by Crippen LogP contribution is 2.27. The number of amides is 2. The summed E-state index contributed by atoms with van der Waals surface area (Å²) in [5.41, 5.74) is 5.89. The predicted molar refractivity (Wildman–Crippen MR) is 139 cm³/mol. The molecule has 0 bridgehead atoms. The van der Waals surface area contributed by atoms with E-state index < -0.39 is 0 Å². The molecule has 6 nitrogen and oxygen atoms in total. The van der Waals surface area contributed by atoms with Gasteiger partial charge in [0.15, 0.2) is 0 Å². The van der Waals surface area contributed by atoms with Crippen molar-refractivity contribution in [2.45, 2.75) is 39.2 Å². The van der Waals surface area contributed by atoms with Crippen LogP contribution in [-0.2, 0) is 24.2 Å². The Hall–Kier alpha value is -3.93. The van der Waals surface area contributed by atoms with Gasteiger partial charge in [-0.15, -0.1) is 0 Å². The molecule has 3 aromatic carbocycles. The van der Waals surface area contributed by atoms with Crippen molar-refractivity contribution < 1.29 is 9.59 Å². The van der Waals surface area contributed by atoms with E-state index in [4.69, 9.17) is 4.98 Å². The van der Waals surface area contributed by atoms with Crippen LogP contribution in [0.5, 0.6) is 0 Å². The van der Waals surface area contributed by atoms with Crippen LogP contribution in [0, 0.1) is 6.92 Å². The third-order valence-corrected chi connectivity index (χ3v) is 6.61. The molecule has 6 heteroatoms. The topological polar surface area (TPSA) is 67.2 Å². The van der Waals surface area contributed by atoms with Crippen molar-refractivity contribution in [2.24, 2.45) is 0 Å². The number of para-hydroxylation sites is 3. The van der Waals surface area contributed by atoms with Gasteiger partial charge in [0.2, 0.25) is 5.91 Å². The number of rotatable bonds is 7. The van der Waals surface area contributed by atoms with E-state index >= 15 is 0 Å². The zero-order valence-corrected chi connectivity index (χ0v) is 20.0. The molecule has 0 saturated carbocycles. The third-order valence-electron chi connectivity index (χ3n) is 6.61. The van der Waals surface area contributed by atoms with Crippen LogP contribution in [0.4, 0.5) is 5.69 Å². The van der Waals surface area contributed by atoms with Crippen molar-refractivity contribution in [1.82, 2.24) is 14.9 Å². The molecular formula is C29H30N4O2. The summed E-state index contributed by atoms with van der Waals surface area (Å²) in [6.07, 6.45) is 3.39. The second-order valence-corrected chi connectivity index (χ2v) is 9.11. The van der Waals surface area contributed by atoms with E-state index in [2.05, 4.69) is 11.4 Å². The van der Waals surface area contributed by atoms with Crippen molar-refractivity contribution in [1.29, 1.82) is 0 Å². The van der Waals surface area contributed by atoms with Gasteiger partial charge in [-0.1, -0.05) is 48.0 Å². The second-order valence-electron chi connectivity index (χ2n) is 9.11. The summed E-state index contributed by atoms with van der Waals surface area (Å²) in [6.45, 7) is 3.54. The molecule has 0 atom stereocenters. The van der Waals surface area contributed by atoms with Gasteiger partial charge in [-0.05, 0) is 62.1 Å². The lowest BCUT2D eigenvalue weighted by Gasteiger charge is -2.29. The first-order chi connectivity index (χ1) is 17.1. The molecule has 0 fully saturated rings. The Balaban J connectivity index is 1.28. The van der Waals surface area contributed by atoms with Crippen molar-refractivity contribution >= 4 is 28.5 Å². The normalized spacial score (nSPS) is 13.0. The Morgan fingerprint density at radius 2 is 1.74 bits per heavy atom. The molecule has 4 aromatic rings. The van der Waals surface area contributed by atoms with Gasteiger partial charge >= 0.3 is 0 Å². The number of aryl methyl sites for hydroxylation is 3. The maximum atomic E-state index is 13.4. The smallest absolute Gasteiger partial charge is 0.251 e. The van der Waals surface area contributed by atoms with Crippen LogP contribution in [0.15, 0.2) is 72.8 Å². The van der Waals surface area contributed by atoms with Crippen LogP contribution < -0.4 is 10.2 Å². The van der Waals surface area contributed by atoms with Crippen LogP contribution in [0.25, 0.3) is 11.0 Å². The maximum absolute atomic E-state index is 13.4. The number of carbonyl (C=O) groups is 2. The summed E-state index contributed by atoms with van der Waals surface area (Å²) in [5, 5.41) is 2.99. The van der Waals surface area contributed by atoms with E-state index in [9.17, 15) is 9.59 Å². The number of nitrogens with zero attached hydrogens (tertiary/aromatic N) is 3. The van der Waals surface area contributed by atoms with Gasteiger partial charge in [-0.2, -0.15) is 0 Å². The van der Waals surface area contributed by atoms with E-state index in [1.165, 1.54) is 5.56 Å². The highest BCUT2D eigenvalue weighted by Gasteiger charge is 2.24. The zero-order chi connectivity index (χ0) is 24.2. The molecule has 1 aromatic heterocycles. The molecule has 0 saturated heterocycles. The molecule has 178 valence electrons. The first-order valence-electron chi connectivity index (χ1n) is 12.3. The SMILES string of the molecule is Cc1ccc(C(=O)NCCCc2nc3ccccc3n2CC(=O)N2CCCc3ccccc32)cc1. The summed E-state index contributed by atoms with van der Waals surface area (Å²) in [5.74, 6) is 0.876. The van der Waals surface area contributed by atoms with Crippen LogP contribution in [0.1, 0.15) is 40.2 Å². The van der Waals surface area contributed by atoms with Gasteiger partial charge in [0.25, 0.3) is 5.91 Å². The molecular weight excluding hydrogens is 436 g/mol. The fraction of sp³-hybridized carbons (Fsp3) is 0.276. The molecule has 1 aliphatic rings. The van der Waals surface area contributed by atoms with Gasteiger partial charge in [-0.3, -0.25) is 9.59 Å². The fourth-order valence-corrected chi connectivity index (χ4v) is 4.76. The molecule has 0 unspecified atom stereocenters. The Bertz CT molecular complexity index is 1360. The number of aromatic nitrogens is 2. The van der Waals surface area contributed by atoms with E-state index in [0.29, 0.717) is 18.5 Å². The lowest BCUT2D eigenvalue weighted by molar-refractivity contribution is -0.119. The third kappa shape index (κ3) is 4.97. The minimum atomic E-state index is -0.0718. The molecule has 2 amide bonds. The van der Waals surface area contributed by atoms with E-state index in [1.807, 2.05) is 83.1 Å². The highest BCUT2D eigenvalue weighted by atomic mass is 16.2. The van der Waals surface area contributed by atoms with Crippen molar-refractivity contribution in [2.75, 3.05) is 18.0 Å². The Morgan fingerprint density at radius 1 is 0.971 bits per heavy atom. The molecule has 35 heavy (non-hydrogen) atoms. The van der Waals surface area contributed by atoms with Crippen LogP contribution in [0.3, 0.4) is 0 Å². The average molecular weight is 467 g/mol. The van der Waals surface area contributed by atoms with E-state index in [-0.39, 0.29) is 18.4 Å². The van der Waals surface area contributed by atoms with Gasteiger partial charge in [0, 0.05) is 30.8 Å². The molecule has 0 aliphatic carbocycles. The number of imidazole rings is 1. The van der Waals surface area contributed by atoms with Crippen LogP contribution in [0.2, 0.25) is 0 Å². The maximum Gasteiger partial charge on any atom is 0.251 e. The summed E-state index contributed by atoms with van der Waals surface area (Å²) < 4.78 is 2.04. The largest absolute Gasteiger partial charge is 0.352 e. The lowest BCUT2D eigenvalue weighted by Crippen LogP contribution is -2.38. The molecule has 5 rings (SSSR count). The summed E-state index contributed by atoms with van der Waals surface area (Å²) in [7, 11) is 0. The first kappa shape index (κ1) is 22.8. The summed E-state index contributed by atoms with van der Waals surface area (Å²) >= 11 is 0. The standard InChI is InChI=1S/C29H30N4O2/c1-21-14-16-23(17-15-21)29(35)30-18-6-13-27-31-24-10-3-5-12-26(24)33(27)20-28(34)32-19-7-9-22-8-2-4-11-25(22)32/h2-5,8,10-12,14-17H,6-7,9,13,18-20H2,1H3,(H,30,35). The lowest BCUT2D eigenvalue weighted by atomic mass is 10.0. The minimum absolute atomic E-state index is 0.0718. The monoisotopic (exact) mass is 466 g/mol. The highest BCUT2D eigenvalue weighted by molar-refractivity contribution is 5.95. The molecule has 0 spiro atoms. The minimum Gasteiger partial charge on any atom is -0.352 e. The summed E-state index contributed by atoms with van der Waals surface area (Å²) in [6, 6.07) is 23.7. The second kappa shape index (κ2) is 10.1. The Kier molecular flexibility index (Phi) is 6.62. The number of benzene rings is 3. The van der Waals surface area contributed by atoms with Crippen LogP contribution >= 0.6 is 0 Å². The number of carbonyl (C=O) groups excluding carboxylic acids is 2. The predicted octanol–water partition coefficient (Wildman–Crippen LogP) is 4.69. The van der Waals surface area contributed by atoms with Crippen molar-refractivity contribution in [3.63, 3.8) is 0 Å². The van der Waals surface area contributed by atoms with Gasteiger partial charge < -0.3 is 14.8 Å². The number of hydrogen-bond acceptors (Lipinski definition) is 3. The number of fused-ring (bicyclic) bond motifs is 2. The molecule has 1 N–H and O–H groups in total. The first-order valence-corrected chi connectivity index (χ1v) is 12.3. The zero-order valence-electron chi connectivity index (χ0n) is 20.0. The van der Waals surface area contributed by atoms with Crippen molar-refractivity contribution in [3.05, 3.63) is 95.3 Å². The van der Waals surface area contributed by atoms with Crippen LogP contribution in [-0.4, -0.2) is 34.5 Å². The van der Waals surface area contributed by atoms with E-state index in [1.54, 1.807) is 0 Å². The molecule has 2 heterocycles. The van der Waals surface area contributed by atoms with Gasteiger partial charge in [0.1, 0.15) is 12.4 Å². The molecule has 1 aliphatic heterocycles. The number of hydrogen-bond donors (Lipinski definition) is 1. The van der Waals surface area contributed by atoms with E-state index in [0.717, 1.165) is 53.9 Å². The number of anilines is 1. The quantitative estimate of drug-likeness (QED) is 0.402. The fourth-order valence-electron chi connectivity index (χ4n) is 4.76. The van der Waals surface area contributed by atoms with Crippen molar-refractivity contribution in [3.8, 4) is 0 Å². The van der Waals surface area contributed by atoms with Gasteiger partial charge in [0.05, 0.1) is 11.0 Å². The van der Waals surface area contributed by atoms with Gasteiger partial charge in [-0.25, -0.2) is 4.98 Å². The Morgan fingerprint density at radius 3 is 2.60 bits per heavy atom. The Labute approximate surface area is 205 Å². The molecule has 0 radical (unpaired) electrons. The average Bonchev–Trinajstić information content (AvgIpc) is 3.23. The summed E-state index contributed by atoms with van der Waals surface area (Å²) in [4.78, 5) is 32.6. The number of nitrogens with one attached hydrogen (secondary N) is 1.